The number of hydrogen-bond acceptors (Lipinski definition) is 2. The molecule has 0 bridgehead atoms. The number of hydrogen-bond donors (Lipinski definition) is 1. The third kappa shape index (κ3) is 3.77. The van der Waals surface area contributed by atoms with E-state index in [1.54, 1.807) is 29.2 Å². The van der Waals surface area contributed by atoms with Gasteiger partial charge < -0.3 is 10.2 Å². The number of rotatable bonds is 3. The van der Waals surface area contributed by atoms with E-state index in [9.17, 15) is 9.59 Å². The van der Waals surface area contributed by atoms with Gasteiger partial charge in [0.1, 0.15) is 6.04 Å². The summed E-state index contributed by atoms with van der Waals surface area (Å²) >= 11 is 12.0. The first-order chi connectivity index (χ1) is 10.0. The van der Waals surface area contributed by atoms with Crippen molar-refractivity contribution in [3.8, 4) is 0 Å². The summed E-state index contributed by atoms with van der Waals surface area (Å²) in [5, 5.41) is 3.83. The van der Waals surface area contributed by atoms with Crippen LogP contribution in [0.5, 0.6) is 0 Å². The van der Waals surface area contributed by atoms with Crippen molar-refractivity contribution in [1.29, 1.82) is 0 Å². The van der Waals surface area contributed by atoms with Crippen molar-refractivity contribution < 1.29 is 9.59 Å². The van der Waals surface area contributed by atoms with Gasteiger partial charge in [-0.05, 0) is 36.3 Å². The van der Waals surface area contributed by atoms with Gasteiger partial charge in [0.15, 0.2) is 0 Å². The molecule has 0 aliphatic carbocycles. The molecule has 0 saturated carbocycles. The van der Waals surface area contributed by atoms with Gasteiger partial charge in [0, 0.05) is 29.2 Å². The second kappa shape index (κ2) is 6.96. The third-order valence-electron chi connectivity index (χ3n) is 3.36. The van der Waals surface area contributed by atoms with E-state index >= 15 is 0 Å². The van der Waals surface area contributed by atoms with E-state index in [-0.39, 0.29) is 11.8 Å². The van der Waals surface area contributed by atoms with Gasteiger partial charge in [0.05, 0.1) is 0 Å². The van der Waals surface area contributed by atoms with Gasteiger partial charge >= 0.3 is 0 Å². The van der Waals surface area contributed by atoms with E-state index < -0.39 is 6.04 Å². The normalized spacial score (nSPS) is 18.9. The third-order valence-corrected chi connectivity index (χ3v) is 3.94. The van der Waals surface area contributed by atoms with Crippen molar-refractivity contribution in [3.63, 3.8) is 0 Å². The lowest BCUT2D eigenvalue weighted by Gasteiger charge is -2.33. The highest BCUT2D eigenvalue weighted by Crippen LogP contribution is 2.22. The maximum Gasteiger partial charge on any atom is 0.247 e. The fourth-order valence-electron chi connectivity index (χ4n) is 2.28. The Bertz CT molecular complexity index is 587. The lowest BCUT2D eigenvalue weighted by molar-refractivity contribution is -0.140. The molecule has 1 atom stereocenters. The van der Waals surface area contributed by atoms with Gasteiger partial charge in [-0.15, -0.1) is 0 Å². The summed E-state index contributed by atoms with van der Waals surface area (Å²) in [5.74, 6) is -0.306. The summed E-state index contributed by atoms with van der Waals surface area (Å²) in [6.07, 6.45) is 3.64. The van der Waals surface area contributed by atoms with Crippen LogP contribution in [0.1, 0.15) is 18.9 Å². The van der Waals surface area contributed by atoms with Crippen LogP contribution in [0.4, 0.5) is 0 Å². The maximum atomic E-state index is 12.3. The van der Waals surface area contributed by atoms with Crippen molar-refractivity contribution in [1.82, 2.24) is 10.2 Å². The minimum absolute atomic E-state index is 0.105. The summed E-state index contributed by atoms with van der Waals surface area (Å²) in [4.78, 5) is 25.6. The molecule has 0 aromatic heterocycles. The minimum Gasteiger partial charge on any atom is -0.353 e. The fourth-order valence-corrected chi connectivity index (χ4v) is 2.64. The molecular weight excluding hydrogens is 311 g/mol. The van der Waals surface area contributed by atoms with Gasteiger partial charge in [-0.2, -0.15) is 0 Å². The Hall–Kier alpha value is -1.52. The molecular formula is C15H16Cl2N2O2. The van der Waals surface area contributed by atoms with Crippen LogP contribution in [0, 0.1) is 0 Å². The summed E-state index contributed by atoms with van der Waals surface area (Å²) < 4.78 is 0. The van der Waals surface area contributed by atoms with E-state index in [1.165, 1.54) is 6.08 Å². The standard InChI is InChI=1S/C15H16Cl2N2O2/c1-2-13-15(21)18-7-8-19(13)14(20)6-3-10-9-11(16)4-5-12(10)17/h3-6,9,13H,2,7-8H2,1H3,(H,18,21)/b6-3+. The number of nitrogens with one attached hydrogen (secondary N) is 1. The number of benzene rings is 1. The number of nitrogens with zero attached hydrogens (tertiary/aromatic N) is 1. The van der Waals surface area contributed by atoms with Crippen LogP contribution in [0.2, 0.25) is 10.0 Å². The van der Waals surface area contributed by atoms with Crippen molar-refractivity contribution in [2.75, 3.05) is 13.1 Å². The van der Waals surface area contributed by atoms with E-state index in [0.717, 1.165) is 0 Å². The molecule has 1 aromatic rings. The highest BCUT2D eigenvalue weighted by atomic mass is 35.5. The lowest BCUT2D eigenvalue weighted by atomic mass is 10.1. The van der Waals surface area contributed by atoms with Crippen molar-refractivity contribution >= 4 is 41.1 Å². The molecule has 1 N–H and O–H groups in total. The Balaban J connectivity index is 2.14. The Morgan fingerprint density at radius 2 is 2.24 bits per heavy atom. The number of halogens is 2. The predicted octanol–water partition coefficient (Wildman–Crippen LogP) is 2.74. The molecule has 1 unspecified atom stereocenters. The van der Waals surface area contributed by atoms with Crippen molar-refractivity contribution in [2.24, 2.45) is 0 Å². The first-order valence-corrected chi connectivity index (χ1v) is 7.50. The molecule has 6 heteroatoms. The molecule has 0 radical (unpaired) electrons. The molecule has 112 valence electrons. The molecule has 2 rings (SSSR count). The first kappa shape index (κ1) is 15.9. The molecule has 1 aliphatic heterocycles. The van der Waals surface area contributed by atoms with Crippen LogP contribution in [0.15, 0.2) is 24.3 Å². The second-order valence-electron chi connectivity index (χ2n) is 4.75. The molecule has 1 saturated heterocycles. The molecule has 1 fully saturated rings. The minimum atomic E-state index is -0.411. The average Bonchev–Trinajstić information content (AvgIpc) is 2.47. The smallest absolute Gasteiger partial charge is 0.247 e. The SMILES string of the molecule is CCC1C(=O)NCCN1C(=O)/C=C/c1cc(Cl)ccc1Cl. The molecule has 4 nitrogen and oxygen atoms in total. The second-order valence-corrected chi connectivity index (χ2v) is 5.59. The predicted molar refractivity (Wildman–Crippen MR) is 84.3 cm³/mol. The highest BCUT2D eigenvalue weighted by molar-refractivity contribution is 6.34. The van der Waals surface area contributed by atoms with Crippen LogP contribution in [0.3, 0.4) is 0 Å². The van der Waals surface area contributed by atoms with E-state index in [1.807, 2.05) is 6.92 Å². The number of carbonyl (C=O) groups is 2. The fraction of sp³-hybridized carbons (Fsp3) is 0.333. The molecule has 21 heavy (non-hydrogen) atoms. The van der Waals surface area contributed by atoms with Crippen LogP contribution < -0.4 is 5.32 Å². The Kier molecular flexibility index (Phi) is 5.26. The van der Waals surface area contributed by atoms with E-state index in [0.29, 0.717) is 35.1 Å². The molecule has 1 aliphatic rings. The quantitative estimate of drug-likeness (QED) is 0.868. The summed E-state index contributed by atoms with van der Waals surface area (Å²) in [5.41, 5.74) is 0.673. The summed E-state index contributed by atoms with van der Waals surface area (Å²) in [6, 6.07) is 4.64. The Labute approximate surface area is 133 Å². The highest BCUT2D eigenvalue weighted by Gasteiger charge is 2.30. The first-order valence-electron chi connectivity index (χ1n) is 6.74. The zero-order valence-electron chi connectivity index (χ0n) is 11.6. The van der Waals surface area contributed by atoms with E-state index in [4.69, 9.17) is 23.2 Å². The van der Waals surface area contributed by atoms with Crippen LogP contribution >= 0.6 is 23.2 Å². The van der Waals surface area contributed by atoms with Gasteiger partial charge in [0.2, 0.25) is 11.8 Å². The Morgan fingerprint density at radius 3 is 2.95 bits per heavy atom. The monoisotopic (exact) mass is 326 g/mol. The van der Waals surface area contributed by atoms with Gasteiger partial charge in [-0.3, -0.25) is 9.59 Å². The van der Waals surface area contributed by atoms with Gasteiger partial charge in [-0.25, -0.2) is 0 Å². The van der Waals surface area contributed by atoms with Gasteiger partial charge in [-0.1, -0.05) is 30.1 Å². The summed E-state index contributed by atoms with van der Waals surface area (Å²) in [7, 11) is 0. The largest absolute Gasteiger partial charge is 0.353 e. The van der Waals surface area contributed by atoms with E-state index in [2.05, 4.69) is 5.32 Å². The molecule has 1 heterocycles. The number of amides is 2. The number of carbonyl (C=O) groups excluding carboxylic acids is 2. The Morgan fingerprint density at radius 1 is 1.48 bits per heavy atom. The topological polar surface area (TPSA) is 49.4 Å². The van der Waals surface area contributed by atoms with Crippen LogP contribution in [-0.2, 0) is 9.59 Å². The van der Waals surface area contributed by atoms with Crippen LogP contribution in [-0.4, -0.2) is 35.8 Å². The molecule has 2 amide bonds. The summed E-state index contributed by atoms with van der Waals surface area (Å²) in [6.45, 7) is 2.87. The molecule has 0 spiro atoms. The number of piperazine rings is 1. The van der Waals surface area contributed by atoms with Crippen molar-refractivity contribution in [2.45, 2.75) is 19.4 Å². The zero-order chi connectivity index (χ0) is 15.4. The van der Waals surface area contributed by atoms with Gasteiger partial charge in [0.25, 0.3) is 0 Å². The molecule has 1 aromatic carbocycles. The maximum absolute atomic E-state index is 12.3. The van der Waals surface area contributed by atoms with Crippen LogP contribution in [0.25, 0.3) is 6.08 Å². The van der Waals surface area contributed by atoms with Crippen molar-refractivity contribution in [3.05, 3.63) is 39.9 Å². The lowest BCUT2D eigenvalue weighted by Crippen LogP contribution is -2.56. The zero-order valence-corrected chi connectivity index (χ0v) is 13.1. The average molecular weight is 327 g/mol.